The summed E-state index contributed by atoms with van der Waals surface area (Å²) >= 11 is 0. The minimum atomic E-state index is -0.151. The predicted octanol–water partition coefficient (Wildman–Crippen LogP) is 2.61. The van der Waals surface area contributed by atoms with Crippen molar-refractivity contribution in [2.45, 2.75) is 58.5 Å². The Morgan fingerprint density at radius 3 is 2.50 bits per heavy atom. The summed E-state index contributed by atoms with van der Waals surface area (Å²) in [7, 11) is 1.76. The van der Waals surface area contributed by atoms with E-state index in [1.165, 1.54) is 0 Å². The van der Waals surface area contributed by atoms with E-state index in [2.05, 4.69) is 0 Å². The number of rotatable bonds is 8. The zero-order valence-corrected chi connectivity index (χ0v) is 12.2. The van der Waals surface area contributed by atoms with E-state index < -0.39 is 0 Å². The summed E-state index contributed by atoms with van der Waals surface area (Å²) in [4.78, 5) is 0. The third-order valence-electron chi connectivity index (χ3n) is 3.39. The van der Waals surface area contributed by atoms with E-state index in [9.17, 15) is 0 Å². The Kier molecular flexibility index (Phi) is 7.82. The highest BCUT2D eigenvalue weighted by atomic mass is 16.7. The largest absolute Gasteiger partial charge is 0.384 e. The molecule has 0 radical (unpaired) electrons. The summed E-state index contributed by atoms with van der Waals surface area (Å²) in [6.07, 6.45) is 3.36. The second kappa shape index (κ2) is 8.86. The van der Waals surface area contributed by atoms with Crippen LogP contribution in [-0.4, -0.2) is 45.4 Å². The molecule has 1 rings (SSSR count). The average Bonchev–Trinajstić information content (AvgIpc) is 2.33. The maximum atomic E-state index is 5.94. The summed E-state index contributed by atoms with van der Waals surface area (Å²) in [5.41, 5.74) is 0. The molecule has 0 aromatic carbocycles. The van der Waals surface area contributed by atoms with Crippen molar-refractivity contribution in [3.05, 3.63) is 0 Å². The van der Waals surface area contributed by atoms with Crippen LogP contribution >= 0.6 is 0 Å². The molecule has 0 spiro atoms. The van der Waals surface area contributed by atoms with E-state index in [1.54, 1.807) is 7.11 Å². The van der Waals surface area contributed by atoms with Crippen molar-refractivity contribution in [2.75, 3.05) is 26.9 Å². The Morgan fingerprint density at radius 2 is 1.89 bits per heavy atom. The van der Waals surface area contributed by atoms with Crippen molar-refractivity contribution in [2.24, 2.45) is 5.92 Å². The molecule has 0 N–H and O–H groups in total. The highest BCUT2D eigenvalue weighted by molar-refractivity contribution is 4.82. The van der Waals surface area contributed by atoms with Gasteiger partial charge in [-0.1, -0.05) is 0 Å². The lowest BCUT2D eigenvalue weighted by molar-refractivity contribution is -0.200. The maximum absolute atomic E-state index is 5.94. The first kappa shape index (κ1) is 15.9. The highest BCUT2D eigenvalue weighted by Crippen LogP contribution is 2.29. The van der Waals surface area contributed by atoms with Gasteiger partial charge >= 0.3 is 0 Å². The first-order valence-corrected chi connectivity index (χ1v) is 7.08. The fourth-order valence-corrected chi connectivity index (χ4v) is 2.64. The minimum absolute atomic E-state index is 0.151. The summed E-state index contributed by atoms with van der Waals surface area (Å²) in [6.45, 7) is 8.19. The molecule has 4 atom stereocenters. The van der Waals surface area contributed by atoms with Crippen LogP contribution in [0.2, 0.25) is 0 Å². The fraction of sp³-hybridized carbons (Fsp3) is 1.00. The SMILES string of the molecule is CCOC1CC(COC)CCC1O[C@@H](C)OCC. The van der Waals surface area contributed by atoms with Gasteiger partial charge in [-0.15, -0.1) is 0 Å². The molecule has 0 heterocycles. The fourth-order valence-electron chi connectivity index (χ4n) is 2.64. The van der Waals surface area contributed by atoms with Crippen molar-refractivity contribution in [3.63, 3.8) is 0 Å². The quantitative estimate of drug-likeness (QED) is 0.629. The van der Waals surface area contributed by atoms with E-state index in [4.69, 9.17) is 18.9 Å². The molecule has 18 heavy (non-hydrogen) atoms. The number of hydrogen-bond donors (Lipinski definition) is 0. The highest BCUT2D eigenvalue weighted by Gasteiger charge is 2.32. The van der Waals surface area contributed by atoms with Crippen LogP contribution in [-0.2, 0) is 18.9 Å². The lowest BCUT2D eigenvalue weighted by atomic mass is 9.85. The smallest absolute Gasteiger partial charge is 0.155 e. The summed E-state index contributed by atoms with van der Waals surface area (Å²) in [5.74, 6) is 0.591. The molecule has 0 aromatic heterocycles. The predicted molar refractivity (Wildman–Crippen MR) is 70.6 cm³/mol. The molecule has 0 aliphatic heterocycles. The second-order valence-corrected chi connectivity index (χ2v) is 4.83. The van der Waals surface area contributed by atoms with Gasteiger partial charge in [-0.3, -0.25) is 0 Å². The van der Waals surface area contributed by atoms with Crippen LogP contribution in [0.25, 0.3) is 0 Å². The van der Waals surface area contributed by atoms with Gasteiger partial charge in [0, 0.05) is 26.9 Å². The van der Waals surface area contributed by atoms with Crippen molar-refractivity contribution in [1.29, 1.82) is 0 Å². The van der Waals surface area contributed by atoms with Crippen molar-refractivity contribution in [1.82, 2.24) is 0 Å². The third-order valence-corrected chi connectivity index (χ3v) is 3.39. The first-order valence-electron chi connectivity index (χ1n) is 7.08. The molecule has 0 bridgehead atoms. The van der Waals surface area contributed by atoms with E-state index in [1.807, 2.05) is 20.8 Å². The summed E-state index contributed by atoms with van der Waals surface area (Å²) < 4.78 is 22.4. The molecule has 1 saturated carbocycles. The van der Waals surface area contributed by atoms with Crippen molar-refractivity contribution >= 4 is 0 Å². The maximum Gasteiger partial charge on any atom is 0.155 e. The van der Waals surface area contributed by atoms with E-state index in [-0.39, 0.29) is 18.5 Å². The molecule has 108 valence electrons. The monoisotopic (exact) mass is 260 g/mol. The Balaban J connectivity index is 2.45. The lowest BCUT2D eigenvalue weighted by Gasteiger charge is -2.36. The number of ether oxygens (including phenoxy) is 4. The zero-order valence-electron chi connectivity index (χ0n) is 12.2. The van der Waals surface area contributed by atoms with Crippen LogP contribution in [0.1, 0.15) is 40.0 Å². The number of methoxy groups -OCH3 is 1. The Bertz CT molecular complexity index is 208. The third kappa shape index (κ3) is 5.22. The van der Waals surface area contributed by atoms with Gasteiger partial charge in [0.05, 0.1) is 12.2 Å². The molecule has 0 amide bonds. The van der Waals surface area contributed by atoms with Crippen LogP contribution in [0.15, 0.2) is 0 Å². The van der Waals surface area contributed by atoms with Crippen LogP contribution in [0.5, 0.6) is 0 Å². The Hall–Kier alpha value is -0.160. The molecule has 1 aliphatic rings. The molecular formula is C14H28O4. The van der Waals surface area contributed by atoms with Gasteiger partial charge in [-0.05, 0) is 46.0 Å². The first-order chi connectivity index (χ1) is 8.71. The van der Waals surface area contributed by atoms with Gasteiger partial charge < -0.3 is 18.9 Å². The van der Waals surface area contributed by atoms with E-state index >= 15 is 0 Å². The van der Waals surface area contributed by atoms with Gasteiger partial charge in [-0.2, -0.15) is 0 Å². The molecule has 4 nitrogen and oxygen atoms in total. The molecule has 0 saturated heterocycles. The van der Waals surface area contributed by atoms with Crippen LogP contribution < -0.4 is 0 Å². The second-order valence-electron chi connectivity index (χ2n) is 4.83. The van der Waals surface area contributed by atoms with E-state index in [0.29, 0.717) is 12.5 Å². The Morgan fingerprint density at radius 1 is 1.11 bits per heavy atom. The number of hydrogen-bond acceptors (Lipinski definition) is 4. The molecular weight excluding hydrogens is 232 g/mol. The standard InChI is InChI=1S/C14H28O4/c1-5-16-11(3)18-13-8-7-12(10-15-4)9-14(13)17-6-2/h11-14H,5-10H2,1-4H3/t11-,12?,13?,14?/m0/s1. The van der Waals surface area contributed by atoms with Gasteiger partial charge in [0.2, 0.25) is 0 Å². The molecule has 3 unspecified atom stereocenters. The summed E-state index contributed by atoms with van der Waals surface area (Å²) in [5, 5.41) is 0. The normalized spacial score (nSPS) is 30.3. The molecule has 4 heteroatoms. The lowest BCUT2D eigenvalue weighted by Crippen LogP contribution is -2.41. The van der Waals surface area contributed by atoms with Crippen LogP contribution in [0.4, 0.5) is 0 Å². The van der Waals surface area contributed by atoms with Gasteiger partial charge in [0.25, 0.3) is 0 Å². The topological polar surface area (TPSA) is 36.9 Å². The van der Waals surface area contributed by atoms with Gasteiger partial charge in [0.1, 0.15) is 0 Å². The average molecular weight is 260 g/mol. The summed E-state index contributed by atoms with van der Waals surface area (Å²) in [6, 6.07) is 0. The van der Waals surface area contributed by atoms with Crippen molar-refractivity contribution < 1.29 is 18.9 Å². The minimum Gasteiger partial charge on any atom is -0.384 e. The molecule has 1 fully saturated rings. The van der Waals surface area contributed by atoms with Crippen LogP contribution in [0.3, 0.4) is 0 Å². The Labute approximate surface area is 111 Å². The zero-order chi connectivity index (χ0) is 13.4. The van der Waals surface area contributed by atoms with E-state index in [0.717, 1.165) is 32.5 Å². The van der Waals surface area contributed by atoms with Gasteiger partial charge in [-0.25, -0.2) is 0 Å². The molecule has 1 aliphatic carbocycles. The van der Waals surface area contributed by atoms with Crippen LogP contribution in [0, 0.1) is 5.92 Å². The van der Waals surface area contributed by atoms with Crippen molar-refractivity contribution in [3.8, 4) is 0 Å². The van der Waals surface area contributed by atoms with Gasteiger partial charge in [0.15, 0.2) is 6.29 Å². The molecule has 0 aromatic rings.